The van der Waals surface area contributed by atoms with Gasteiger partial charge in [0.15, 0.2) is 0 Å². The molecule has 1 aromatic rings. The van der Waals surface area contributed by atoms with Gasteiger partial charge in [0.2, 0.25) is 0 Å². The predicted molar refractivity (Wildman–Crippen MR) is 45.9 cm³/mol. The molecule has 1 rings (SSSR count). The van der Waals surface area contributed by atoms with Crippen LogP contribution in [-0.4, -0.2) is 10.2 Å². The number of benzene rings is 1. The molecule has 0 atom stereocenters. The molecule has 2 nitrogen and oxygen atoms in total. The van der Waals surface area contributed by atoms with Crippen molar-refractivity contribution in [1.29, 1.82) is 0 Å². The van der Waals surface area contributed by atoms with Gasteiger partial charge in [-0.05, 0) is 18.6 Å². The summed E-state index contributed by atoms with van der Waals surface area (Å²) >= 11 is 0. The van der Waals surface area contributed by atoms with Crippen LogP contribution in [0.2, 0.25) is 0 Å². The molecule has 0 aliphatic heterocycles. The average molecular weight is 154 g/mol. The Morgan fingerprint density at radius 1 is 1.09 bits per heavy atom. The Morgan fingerprint density at radius 2 is 1.64 bits per heavy atom. The number of phenols is 2. The molecule has 0 saturated heterocycles. The van der Waals surface area contributed by atoms with Gasteiger partial charge in [0.1, 0.15) is 11.5 Å². The predicted octanol–water partition coefficient (Wildman–Crippen LogP) is 2.43. The molecule has 0 amide bonds. The van der Waals surface area contributed by atoms with Gasteiger partial charge >= 0.3 is 0 Å². The highest BCUT2D eigenvalue weighted by Gasteiger charge is 1.93. The molecule has 62 valence electrons. The van der Waals surface area contributed by atoms with Gasteiger partial charge in [-0.25, -0.2) is 0 Å². The SMILES string of the molecule is CC.Cc1ccc(O)cc1O. The Bertz CT molecular complexity index is 219. The van der Waals surface area contributed by atoms with E-state index in [1.165, 1.54) is 12.1 Å². The number of hydrogen-bond donors (Lipinski definition) is 2. The number of rotatable bonds is 0. The summed E-state index contributed by atoms with van der Waals surface area (Å²) in [5, 5.41) is 17.7. The van der Waals surface area contributed by atoms with E-state index in [1.54, 1.807) is 13.0 Å². The zero-order chi connectivity index (χ0) is 8.85. The smallest absolute Gasteiger partial charge is 0.122 e. The van der Waals surface area contributed by atoms with Crippen molar-refractivity contribution in [1.82, 2.24) is 0 Å². The Balaban J connectivity index is 0.000000461. The van der Waals surface area contributed by atoms with Gasteiger partial charge in [0, 0.05) is 6.07 Å². The third-order valence-electron chi connectivity index (χ3n) is 1.19. The fourth-order valence-electron chi connectivity index (χ4n) is 0.598. The van der Waals surface area contributed by atoms with E-state index in [0.29, 0.717) is 0 Å². The summed E-state index contributed by atoms with van der Waals surface area (Å²) in [7, 11) is 0. The van der Waals surface area contributed by atoms with E-state index >= 15 is 0 Å². The van der Waals surface area contributed by atoms with Crippen molar-refractivity contribution in [2.75, 3.05) is 0 Å². The molecule has 2 heteroatoms. The van der Waals surface area contributed by atoms with Gasteiger partial charge in [-0.15, -0.1) is 0 Å². The van der Waals surface area contributed by atoms with Crippen LogP contribution >= 0.6 is 0 Å². The first-order valence-corrected chi connectivity index (χ1v) is 3.69. The lowest BCUT2D eigenvalue weighted by Gasteiger charge is -1.96. The lowest BCUT2D eigenvalue weighted by Crippen LogP contribution is -1.71. The third-order valence-corrected chi connectivity index (χ3v) is 1.19. The quantitative estimate of drug-likeness (QED) is 0.602. The van der Waals surface area contributed by atoms with Crippen molar-refractivity contribution < 1.29 is 10.2 Å². The van der Waals surface area contributed by atoms with Crippen LogP contribution in [0.15, 0.2) is 18.2 Å². The number of hydrogen-bond acceptors (Lipinski definition) is 2. The highest BCUT2D eigenvalue weighted by Crippen LogP contribution is 2.20. The van der Waals surface area contributed by atoms with Crippen molar-refractivity contribution in [2.24, 2.45) is 0 Å². The third kappa shape index (κ3) is 2.94. The van der Waals surface area contributed by atoms with Gasteiger partial charge in [-0.2, -0.15) is 0 Å². The van der Waals surface area contributed by atoms with Crippen LogP contribution in [0.4, 0.5) is 0 Å². The van der Waals surface area contributed by atoms with Crippen LogP contribution in [-0.2, 0) is 0 Å². The highest BCUT2D eigenvalue weighted by molar-refractivity contribution is 5.37. The van der Waals surface area contributed by atoms with Gasteiger partial charge in [0.05, 0.1) is 0 Å². The van der Waals surface area contributed by atoms with Crippen molar-refractivity contribution in [3.63, 3.8) is 0 Å². The molecular formula is C9H14O2. The van der Waals surface area contributed by atoms with E-state index in [1.807, 2.05) is 13.8 Å². The van der Waals surface area contributed by atoms with Crippen molar-refractivity contribution in [2.45, 2.75) is 20.8 Å². The van der Waals surface area contributed by atoms with Crippen LogP contribution in [0.1, 0.15) is 19.4 Å². The van der Waals surface area contributed by atoms with E-state index in [-0.39, 0.29) is 11.5 Å². The minimum Gasteiger partial charge on any atom is -0.508 e. The van der Waals surface area contributed by atoms with Crippen molar-refractivity contribution >= 4 is 0 Å². The molecule has 0 aromatic heterocycles. The lowest BCUT2D eigenvalue weighted by atomic mass is 10.2. The second-order valence-corrected chi connectivity index (χ2v) is 1.97. The molecule has 0 aliphatic carbocycles. The average Bonchev–Trinajstić information content (AvgIpc) is 2.02. The maximum absolute atomic E-state index is 8.94. The molecule has 0 heterocycles. The first kappa shape index (κ1) is 9.82. The first-order chi connectivity index (χ1) is 5.20. The van der Waals surface area contributed by atoms with E-state index in [2.05, 4.69) is 0 Å². The zero-order valence-electron chi connectivity index (χ0n) is 7.13. The summed E-state index contributed by atoms with van der Waals surface area (Å²) < 4.78 is 0. The summed E-state index contributed by atoms with van der Waals surface area (Å²) in [6, 6.07) is 4.51. The number of aryl methyl sites for hydroxylation is 1. The van der Waals surface area contributed by atoms with Crippen LogP contribution in [0.3, 0.4) is 0 Å². The normalized spacial score (nSPS) is 8.27. The molecular weight excluding hydrogens is 140 g/mol. The fourth-order valence-corrected chi connectivity index (χ4v) is 0.598. The monoisotopic (exact) mass is 154 g/mol. The Morgan fingerprint density at radius 3 is 2.00 bits per heavy atom. The molecule has 0 aliphatic rings. The Hall–Kier alpha value is -1.18. The second kappa shape index (κ2) is 4.61. The standard InChI is InChI=1S/C7H8O2.C2H6/c1-5-2-3-6(8)4-7(5)9;1-2/h2-4,8-9H,1H3;1-2H3. The lowest BCUT2D eigenvalue weighted by molar-refractivity contribution is 0.448. The summed E-state index contributed by atoms with van der Waals surface area (Å²) in [6.07, 6.45) is 0. The Labute approximate surface area is 67.1 Å². The van der Waals surface area contributed by atoms with E-state index in [4.69, 9.17) is 10.2 Å². The Kier molecular flexibility index (Phi) is 4.11. The minimum absolute atomic E-state index is 0.0955. The van der Waals surface area contributed by atoms with Crippen LogP contribution < -0.4 is 0 Å². The molecule has 0 saturated carbocycles. The summed E-state index contributed by atoms with van der Waals surface area (Å²) in [5.74, 6) is 0.230. The van der Waals surface area contributed by atoms with Crippen LogP contribution in [0.5, 0.6) is 11.5 Å². The molecule has 0 bridgehead atoms. The van der Waals surface area contributed by atoms with Crippen LogP contribution in [0.25, 0.3) is 0 Å². The molecule has 2 N–H and O–H groups in total. The minimum atomic E-state index is 0.0955. The fraction of sp³-hybridized carbons (Fsp3) is 0.333. The van der Waals surface area contributed by atoms with E-state index in [0.717, 1.165) is 5.56 Å². The first-order valence-electron chi connectivity index (χ1n) is 3.69. The van der Waals surface area contributed by atoms with Crippen molar-refractivity contribution in [3.8, 4) is 11.5 Å². The molecule has 0 fully saturated rings. The van der Waals surface area contributed by atoms with E-state index in [9.17, 15) is 0 Å². The molecule has 11 heavy (non-hydrogen) atoms. The van der Waals surface area contributed by atoms with Crippen LogP contribution in [0, 0.1) is 6.92 Å². The molecule has 0 spiro atoms. The van der Waals surface area contributed by atoms with Gasteiger partial charge in [0.25, 0.3) is 0 Å². The summed E-state index contributed by atoms with van der Waals surface area (Å²) in [5.41, 5.74) is 0.771. The van der Waals surface area contributed by atoms with E-state index < -0.39 is 0 Å². The number of aromatic hydroxyl groups is 2. The number of phenolic OH excluding ortho intramolecular Hbond substituents is 2. The molecule has 0 radical (unpaired) electrons. The maximum atomic E-state index is 8.94. The maximum Gasteiger partial charge on any atom is 0.122 e. The van der Waals surface area contributed by atoms with Gasteiger partial charge in [-0.3, -0.25) is 0 Å². The zero-order valence-corrected chi connectivity index (χ0v) is 7.13. The topological polar surface area (TPSA) is 40.5 Å². The summed E-state index contributed by atoms with van der Waals surface area (Å²) in [4.78, 5) is 0. The summed E-state index contributed by atoms with van der Waals surface area (Å²) in [6.45, 7) is 5.77. The molecule has 0 unspecified atom stereocenters. The highest BCUT2D eigenvalue weighted by atomic mass is 16.3. The van der Waals surface area contributed by atoms with Crippen molar-refractivity contribution in [3.05, 3.63) is 23.8 Å². The van der Waals surface area contributed by atoms with Gasteiger partial charge in [-0.1, -0.05) is 19.9 Å². The second-order valence-electron chi connectivity index (χ2n) is 1.97. The van der Waals surface area contributed by atoms with Gasteiger partial charge < -0.3 is 10.2 Å². The molecule has 1 aromatic carbocycles. The largest absolute Gasteiger partial charge is 0.508 e.